The number of carbonyl (C=O) groups is 3. The first-order chi connectivity index (χ1) is 25.7. The van der Waals surface area contributed by atoms with Crippen molar-refractivity contribution < 1.29 is 24.2 Å². The fraction of sp³-hybridized carbons (Fsp3) is 0.436. The van der Waals surface area contributed by atoms with Crippen molar-refractivity contribution in [2.45, 2.75) is 37.1 Å². The minimum absolute atomic E-state index is 0.0721. The molecule has 14 nitrogen and oxygen atoms in total. The molecule has 0 aliphatic carbocycles. The summed E-state index contributed by atoms with van der Waals surface area (Å²) in [5.74, 6) is -0.384. The Morgan fingerprint density at radius 2 is 1.58 bits per heavy atom. The number of piperidine rings is 1. The predicted molar refractivity (Wildman–Crippen MR) is 199 cm³/mol. The Kier molecular flexibility index (Phi) is 12.3. The number of carbonyl (C=O) groups excluding carboxylic acids is 2. The number of nitrogens with one attached hydrogen (secondary N) is 1. The van der Waals surface area contributed by atoms with Gasteiger partial charge >= 0.3 is 12.0 Å². The van der Waals surface area contributed by atoms with Crippen molar-refractivity contribution in [2.75, 3.05) is 73.1 Å². The highest BCUT2D eigenvalue weighted by atomic mass is 16.5. The minimum Gasteiger partial charge on any atom is -0.496 e. The van der Waals surface area contributed by atoms with Crippen LogP contribution in [0.2, 0.25) is 0 Å². The van der Waals surface area contributed by atoms with Crippen LogP contribution in [0.25, 0.3) is 5.69 Å². The molecule has 2 aliphatic rings. The van der Waals surface area contributed by atoms with Crippen molar-refractivity contribution >= 4 is 17.9 Å². The zero-order valence-electron chi connectivity index (χ0n) is 30.5. The average molecular weight is 724 g/mol. The van der Waals surface area contributed by atoms with Gasteiger partial charge in [-0.1, -0.05) is 60.7 Å². The van der Waals surface area contributed by atoms with Crippen LogP contribution in [0, 0.1) is 0 Å². The quantitative estimate of drug-likeness (QED) is 0.197. The monoisotopic (exact) mass is 723 g/mol. The van der Waals surface area contributed by atoms with E-state index in [1.165, 1.54) is 16.6 Å². The molecule has 4 aromatic rings. The second-order valence-electron chi connectivity index (χ2n) is 13.9. The van der Waals surface area contributed by atoms with Crippen LogP contribution in [0.3, 0.4) is 0 Å². The van der Waals surface area contributed by atoms with Gasteiger partial charge in [0.05, 0.1) is 30.3 Å². The van der Waals surface area contributed by atoms with Crippen molar-refractivity contribution in [1.82, 2.24) is 45.1 Å². The Hall–Kier alpha value is -5.34. The third-order valence-electron chi connectivity index (χ3n) is 10.6. The largest absolute Gasteiger partial charge is 0.496 e. The number of amides is 3. The molecule has 2 saturated heterocycles. The number of rotatable bonds is 14. The van der Waals surface area contributed by atoms with Crippen molar-refractivity contribution in [3.05, 3.63) is 102 Å². The van der Waals surface area contributed by atoms with Crippen LogP contribution >= 0.6 is 0 Å². The maximum atomic E-state index is 13.9. The molecule has 2 N–H and O–H groups in total. The van der Waals surface area contributed by atoms with E-state index in [0.29, 0.717) is 56.3 Å². The van der Waals surface area contributed by atoms with Crippen molar-refractivity contribution in [3.8, 4) is 11.4 Å². The first kappa shape index (κ1) is 37.4. The van der Waals surface area contributed by atoms with Crippen LogP contribution in [-0.2, 0) is 10.3 Å². The lowest BCUT2D eigenvalue weighted by molar-refractivity contribution is -0.137. The maximum Gasteiger partial charge on any atom is 0.318 e. The maximum absolute atomic E-state index is 13.9. The molecular formula is C39H49N9O5. The van der Waals surface area contributed by atoms with E-state index < -0.39 is 11.5 Å². The second kappa shape index (κ2) is 17.5. The molecule has 1 atom stereocenters. The predicted octanol–water partition coefficient (Wildman–Crippen LogP) is 3.71. The van der Waals surface area contributed by atoms with Crippen LogP contribution in [0.1, 0.15) is 53.1 Å². The zero-order valence-corrected chi connectivity index (χ0v) is 30.5. The molecule has 280 valence electrons. The number of ether oxygens (including phenoxy) is 1. The number of aromatic nitrogens is 4. The summed E-state index contributed by atoms with van der Waals surface area (Å²) in [6.45, 7) is 5.95. The van der Waals surface area contributed by atoms with E-state index in [0.717, 1.165) is 44.5 Å². The Labute approximate surface area is 310 Å². The van der Waals surface area contributed by atoms with Gasteiger partial charge in [-0.3, -0.25) is 14.5 Å². The molecule has 0 radical (unpaired) electrons. The van der Waals surface area contributed by atoms with E-state index in [1.54, 1.807) is 24.1 Å². The molecule has 0 saturated carbocycles. The number of aliphatic carboxylic acids is 1. The summed E-state index contributed by atoms with van der Waals surface area (Å²) in [6, 6.07) is 25.8. The second-order valence-corrected chi connectivity index (χ2v) is 13.9. The molecule has 2 fully saturated rings. The van der Waals surface area contributed by atoms with Gasteiger partial charge in [0.15, 0.2) is 0 Å². The number of likely N-dealkylation sites (tertiary alicyclic amines) is 1. The van der Waals surface area contributed by atoms with Crippen LogP contribution < -0.4 is 10.1 Å². The van der Waals surface area contributed by atoms with Crippen LogP contribution in [0.15, 0.2) is 85.2 Å². The van der Waals surface area contributed by atoms with Gasteiger partial charge < -0.3 is 29.9 Å². The summed E-state index contributed by atoms with van der Waals surface area (Å²) in [7, 11) is 3.38. The molecule has 6 rings (SSSR count). The van der Waals surface area contributed by atoms with E-state index in [9.17, 15) is 14.4 Å². The number of piperazine rings is 1. The first-order valence-electron chi connectivity index (χ1n) is 18.3. The molecule has 2 aliphatic heterocycles. The van der Waals surface area contributed by atoms with E-state index >= 15 is 0 Å². The Balaban J connectivity index is 1.10. The third-order valence-corrected chi connectivity index (χ3v) is 10.6. The fourth-order valence-corrected chi connectivity index (χ4v) is 7.44. The summed E-state index contributed by atoms with van der Waals surface area (Å²) in [6.07, 6.45) is 3.98. The van der Waals surface area contributed by atoms with Gasteiger partial charge in [0.25, 0.3) is 5.91 Å². The van der Waals surface area contributed by atoms with Crippen LogP contribution in [-0.4, -0.2) is 136 Å². The molecule has 1 unspecified atom stereocenters. The smallest absolute Gasteiger partial charge is 0.318 e. The summed E-state index contributed by atoms with van der Waals surface area (Å²) in [4.78, 5) is 46.8. The molecule has 3 aromatic carbocycles. The Morgan fingerprint density at radius 3 is 2.23 bits per heavy atom. The van der Waals surface area contributed by atoms with Gasteiger partial charge in [0.2, 0.25) is 0 Å². The van der Waals surface area contributed by atoms with Gasteiger partial charge in [-0.05, 0) is 65.6 Å². The van der Waals surface area contributed by atoms with Crippen molar-refractivity contribution in [3.63, 3.8) is 0 Å². The molecule has 53 heavy (non-hydrogen) atoms. The lowest BCUT2D eigenvalue weighted by Gasteiger charge is -2.45. The SMILES string of the molecule is COc1ccc(-n2cnnn2)cc1C(=O)N(C)CC(CCN1CCC(NC(=O)N2CCN(CCC(=O)O)CC2)(c2ccccc2)CC1)c1ccccc1. The van der Waals surface area contributed by atoms with E-state index in [1.807, 2.05) is 54.4 Å². The number of carboxylic acid groups (broad SMARTS) is 1. The number of methoxy groups -OCH3 is 1. The minimum atomic E-state index is -0.805. The van der Waals surface area contributed by atoms with Crippen LogP contribution in [0.4, 0.5) is 4.79 Å². The first-order valence-corrected chi connectivity index (χ1v) is 18.3. The number of hydrogen-bond donors (Lipinski definition) is 2. The summed E-state index contributed by atoms with van der Waals surface area (Å²) >= 11 is 0. The molecule has 3 amide bonds. The molecule has 3 heterocycles. The number of carboxylic acids is 1. The van der Waals surface area contributed by atoms with E-state index in [-0.39, 0.29) is 24.3 Å². The lowest BCUT2D eigenvalue weighted by atomic mass is 9.80. The number of nitrogens with zero attached hydrogens (tertiary/aromatic N) is 8. The number of benzene rings is 3. The average Bonchev–Trinajstić information content (AvgIpc) is 3.75. The molecular weight excluding hydrogens is 674 g/mol. The van der Waals surface area contributed by atoms with Gasteiger partial charge in [-0.25, -0.2) is 9.48 Å². The van der Waals surface area contributed by atoms with Gasteiger partial charge in [0, 0.05) is 65.3 Å². The molecule has 0 spiro atoms. The summed E-state index contributed by atoms with van der Waals surface area (Å²) in [5.41, 5.74) is 2.89. The molecule has 14 heteroatoms. The highest BCUT2D eigenvalue weighted by molar-refractivity contribution is 5.97. The third kappa shape index (κ3) is 9.37. The van der Waals surface area contributed by atoms with E-state index in [2.05, 4.69) is 54.9 Å². The lowest BCUT2D eigenvalue weighted by Crippen LogP contribution is -2.59. The topological polar surface area (TPSA) is 149 Å². The molecule has 1 aromatic heterocycles. The normalized spacial score (nSPS) is 16.8. The standard InChI is InChI=1S/C39H49N9O5/c1-44(37(51)34-27-33(13-14-35(34)53-2)48-29-40-42-43-48)28-31(30-9-5-3-6-10-30)15-19-45-21-17-39(18-22-45,32-11-7-4-8-12-32)41-38(52)47-25-23-46(24-26-47)20-16-36(49)50/h3-14,27,29,31H,15-26,28H2,1-2H3,(H,41,52)(H,49,50). The van der Waals surface area contributed by atoms with Crippen molar-refractivity contribution in [1.29, 1.82) is 0 Å². The number of urea groups is 1. The van der Waals surface area contributed by atoms with Gasteiger partial charge in [-0.15, -0.1) is 5.10 Å². The highest BCUT2D eigenvalue weighted by Gasteiger charge is 2.39. The van der Waals surface area contributed by atoms with Crippen molar-refractivity contribution in [2.24, 2.45) is 0 Å². The Morgan fingerprint density at radius 1 is 0.906 bits per heavy atom. The number of hydrogen-bond acceptors (Lipinski definition) is 9. The summed E-state index contributed by atoms with van der Waals surface area (Å²) in [5, 5.41) is 23.9. The molecule has 0 bridgehead atoms. The highest BCUT2D eigenvalue weighted by Crippen LogP contribution is 2.34. The fourth-order valence-electron chi connectivity index (χ4n) is 7.44. The Bertz CT molecular complexity index is 1790. The number of tetrazole rings is 1. The van der Waals surface area contributed by atoms with Gasteiger partial charge in [0.1, 0.15) is 12.1 Å². The van der Waals surface area contributed by atoms with E-state index in [4.69, 9.17) is 9.84 Å². The number of likely N-dealkylation sites (N-methyl/N-ethyl adjacent to an activating group) is 1. The summed E-state index contributed by atoms with van der Waals surface area (Å²) < 4.78 is 7.08. The van der Waals surface area contributed by atoms with Gasteiger partial charge in [-0.2, -0.15) is 0 Å². The van der Waals surface area contributed by atoms with Crippen LogP contribution in [0.5, 0.6) is 5.75 Å². The zero-order chi connectivity index (χ0) is 37.2.